The van der Waals surface area contributed by atoms with E-state index < -0.39 is 0 Å². The number of ether oxygens (including phenoxy) is 1. The minimum Gasteiger partial charge on any atom is -0.383 e. The predicted molar refractivity (Wildman–Crippen MR) is 69.7 cm³/mol. The molecular formula is C11H24N2O2S. The summed E-state index contributed by atoms with van der Waals surface area (Å²) in [6.45, 7) is 5.17. The summed E-state index contributed by atoms with van der Waals surface area (Å²) >= 11 is 1.71. The molecule has 2 atom stereocenters. The van der Waals surface area contributed by atoms with Gasteiger partial charge in [0.2, 0.25) is 5.91 Å². The van der Waals surface area contributed by atoms with Gasteiger partial charge in [-0.1, -0.05) is 0 Å². The number of carbonyl (C=O) groups is 1. The van der Waals surface area contributed by atoms with Crippen molar-refractivity contribution in [2.24, 2.45) is 5.73 Å². The average molecular weight is 248 g/mol. The van der Waals surface area contributed by atoms with Crippen molar-refractivity contribution in [1.29, 1.82) is 0 Å². The molecule has 4 nitrogen and oxygen atoms in total. The molecule has 96 valence electrons. The Balaban J connectivity index is 4.28. The first kappa shape index (κ1) is 15.7. The molecule has 16 heavy (non-hydrogen) atoms. The Kier molecular flexibility index (Phi) is 8.70. The van der Waals surface area contributed by atoms with Gasteiger partial charge in [0.05, 0.1) is 18.7 Å². The number of carbonyl (C=O) groups excluding carboxylic acids is 1. The van der Waals surface area contributed by atoms with Crippen molar-refractivity contribution in [3.63, 3.8) is 0 Å². The predicted octanol–water partition coefficient (Wildman–Crippen LogP) is 0.950. The molecule has 0 saturated heterocycles. The van der Waals surface area contributed by atoms with Crippen LogP contribution in [0.5, 0.6) is 0 Å². The minimum atomic E-state index is -0.383. The Labute approximate surface area is 103 Å². The van der Waals surface area contributed by atoms with E-state index in [1.165, 1.54) is 0 Å². The molecular weight excluding hydrogens is 224 g/mol. The zero-order chi connectivity index (χ0) is 12.6. The summed E-state index contributed by atoms with van der Waals surface area (Å²) in [6, 6.07) is -0.297. The number of likely N-dealkylation sites (N-methyl/N-ethyl adjacent to an activating group) is 1. The molecule has 5 heteroatoms. The molecule has 0 aromatic rings. The normalized spacial score (nSPS) is 14.6. The Hall–Kier alpha value is -0.260. The van der Waals surface area contributed by atoms with E-state index in [-0.39, 0.29) is 18.0 Å². The summed E-state index contributed by atoms with van der Waals surface area (Å²) in [6.07, 6.45) is 2.75. The highest BCUT2D eigenvalue weighted by molar-refractivity contribution is 7.98. The topological polar surface area (TPSA) is 55.6 Å². The molecule has 0 saturated carbocycles. The Morgan fingerprint density at radius 1 is 1.56 bits per heavy atom. The number of nitrogens with zero attached hydrogens (tertiary/aromatic N) is 1. The second-order valence-electron chi connectivity index (χ2n) is 3.82. The smallest absolute Gasteiger partial charge is 0.239 e. The van der Waals surface area contributed by atoms with Crippen LogP contribution in [0.25, 0.3) is 0 Å². The van der Waals surface area contributed by atoms with Crippen molar-refractivity contribution in [3.8, 4) is 0 Å². The first-order chi connectivity index (χ1) is 7.58. The summed E-state index contributed by atoms with van der Waals surface area (Å²) in [5.74, 6) is 0.949. The standard InChI is InChI=1S/C11H24N2O2S/c1-5-13(9(2)8-15-3)11(14)10(12)6-7-16-4/h9-10H,5-8,12H2,1-4H3/t9?,10-/m0/s1. The summed E-state index contributed by atoms with van der Waals surface area (Å²) in [5.41, 5.74) is 5.87. The third-order valence-corrected chi connectivity index (χ3v) is 3.16. The van der Waals surface area contributed by atoms with E-state index >= 15 is 0 Å². The lowest BCUT2D eigenvalue weighted by molar-refractivity contribution is -0.135. The van der Waals surface area contributed by atoms with E-state index in [4.69, 9.17) is 10.5 Å². The van der Waals surface area contributed by atoms with Gasteiger partial charge >= 0.3 is 0 Å². The zero-order valence-electron chi connectivity index (χ0n) is 10.7. The van der Waals surface area contributed by atoms with Crippen molar-refractivity contribution < 1.29 is 9.53 Å². The molecule has 0 aromatic carbocycles. The quantitative estimate of drug-likeness (QED) is 0.695. The molecule has 0 aliphatic rings. The van der Waals surface area contributed by atoms with E-state index in [0.29, 0.717) is 13.2 Å². The number of hydrogen-bond acceptors (Lipinski definition) is 4. The fourth-order valence-electron chi connectivity index (χ4n) is 1.60. The van der Waals surface area contributed by atoms with Gasteiger partial charge in [0.15, 0.2) is 0 Å². The molecule has 0 spiro atoms. The molecule has 0 aliphatic heterocycles. The monoisotopic (exact) mass is 248 g/mol. The number of rotatable bonds is 8. The Morgan fingerprint density at radius 2 is 2.19 bits per heavy atom. The van der Waals surface area contributed by atoms with E-state index in [1.807, 2.05) is 20.1 Å². The minimum absolute atomic E-state index is 0.0288. The van der Waals surface area contributed by atoms with E-state index in [0.717, 1.165) is 12.2 Å². The van der Waals surface area contributed by atoms with Gasteiger partial charge in [0.25, 0.3) is 0 Å². The lowest BCUT2D eigenvalue weighted by atomic mass is 10.2. The molecule has 0 aliphatic carbocycles. The summed E-state index contributed by atoms with van der Waals surface area (Å²) in [5, 5.41) is 0. The fraction of sp³-hybridized carbons (Fsp3) is 0.909. The Bertz CT molecular complexity index is 202. The molecule has 0 fully saturated rings. The van der Waals surface area contributed by atoms with E-state index in [9.17, 15) is 4.79 Å². The van der Waals surface area contributed by atoms with Crippen molar-refractivity contribution in [2.75, 3.05) is 32.3 Å². The van der Waals surface area contributed by atoms with Gasteiger partial charge < -0.3 is 15.4 Å². The molecule has 0 radical (unpaired) electrons. The number of methoxy groups -OCH3 is 1. The molecule has 0 bridgehead atoms. The van der Waals surface area contributed by atoms with Gasteiger partial charge in [-0.05, 0) is 32.3 Å². The van der Waals surface area contributed by atoms with Crippen LogP contribution >= 0.6 is 11.8 Å². The fourth-order valence-corrected chi connectivity index (χ4v) is 2.09. The SMILES string of the molecule is CCN(C(=O)[C@@H](N)CCSC)C(C)COC. The maximum absolute atomic E-state index is 12.0. The number of amides is 1. The molecule has 0 aromatic heterocycles. The lowest BCUT2D eigenvalue weighted by Crippen LogP contribution is -2.49. The highest BCUT2D eigenvalue weighted by Crippen LogP contribution is 2.06. The highest BCUT2D eigenvalue weighted by Gasteiger charge is 2.23. The van der Waals surface area contributed by atoms with Crippen LogP contribution in [-0.4, -0.2) is 55.2 Å². The molecule has 0 heterocycles. The first-order valence-electron chi connectivity index (χ1n) is 5.62. The molecule has 2 N–H and O–H groups in total. The van der Waals surface area contributed by atoms with Crippen molar-refractivity contribution in [1.82, 2.24) is 4.90 Å². The number of hydrogen-bond donors (Lipinski definition) is 1. The molecule has 0 rings (SSSR count). The van der Waals surface area contributed by atoms with Gasteiger partial charge in [-0.25, -0.2) is 0 Å². The van der Waals surface area contributed by atoms with Gasteiger partial charge in [0, 0.05) is 13.7 Å². The summed E-state index contributed by atoms with van der Waals surface area (Å²) < 4.78 is 5.06. The second-order valence-corrected chi connectivity index (χ2v) is 4.80. The van der Waals surface area contributed by atoms with Crippen molar-refractivity contribution in [3.05, 3.63) is 0 Å². The van der Waals surface area contributed by atoms with Gasteiger partial charge in [0.1, 0.15) is 0 Å². The van der Waals surface area contributed by atoms with E-state index in [2.05, 4.69) is 0 Å². The largest absolute Gasteiger partial charge is 0.383 e. The lowest BCUT2D eigenvalue weighted by Gasteiger charge is -2.29. The van der Waals surface area contributed by atoms with Crippen LogP contribution < -0.4 is 5.73 Å². The molecule has 1 amide bonds. The Morgan fingerprint density at radius 3 is 2.62 bits per heavy atom. The first-order valence-corrected chi connectivity index (χ1v) is 7.01. The summed E-state index contributed by atoms with van der Waals surface area (Å²) in [7, 11) is 1.64. The van der Waals surface area contributed by atoms with Crippen LogP contribution in [0.2, 0.25) is 0 Å². The second kappa shape index (κ2) is 8.84. The van der Waals surface area contributed by atoms with Crippen LogP contribution in [0.1, 0.15) is 20.3 Å². The number of thioether (sulfide) groups is 1. The van der Waals surface area contributed by atoms with Crippen LogP contribution in [0.15, 0.2) is 0 Å². The summed E-state index contributed by atoms with van der Waals surface area (Å²) in [4.78, 5) is 13.8. The zero-order valence-corrected chi connectivity index (χ0v) is 11.5. The maximum atomic E-state index is 12.0. The highest BCUT2D eigenvalue weighted by atomic mass is 32.2. The average Bonchev–Trinajstić information content (AvgIpc) is 2.27. The van der Waals surface area contributed by atoms with Crippen molar-refractivity contribution >= 4 is 17.7 Å². The van der Waals surface area contributed by atoms with Crippen LogP contribution in [0.3, 0.4) is 0 Å². The third-order valence-electron chi connectivity index (χ3n) is 2.51. The van der Waals surface area contributed by atoms with Crippen LogP contribution in [0, 0.1) is 0 Å². The van der Waals surface area contributed by atoms with Gasteiger partial charge in [-0.15, -0.1) is 0 Å². The van der Waals surface area contributed by atoms with E-state index in [1.54, 1.807) is 23.8 Å². The van der Waals surface area contributed by atoms with Crippen LogP contribution in [-0.2, 0) is 9.53 Å². The van der Waals surface area contributed by atoms with Gasteiger partial charge in [-0.3, -0.25) is 4.79 Å². The van der Waals surface area contributed by atoms with Gasteiger partial charge in [-0.2, -0.15) is 11.8 Å². The maximum Gasteiger partial charge on any atom is 0.239 e. The van der Waals surface area contributed by atoms with Crippen molar-refractivity contribution in [2.45, 2.75) is 32.4 Å². The van der Waals surface area contributed by atoms with Crippen LogP contribution in [0.4, 0.5) is 0 Å². The third kappa shape index (κ3) is 5.18. The number of nitrogens with two attached hydrogens (primary N) is 1. The molecule has 1 unspecified atom stereocenters.